The zero-order valence-corrected chi connectivity index (χ0v) is 13.9. The van der Waals surface area contributed by atoms with E-state index in [1.807, 2.05) is 36.5 Å². The molecule has 24 heavy (non-hydrogen) atoms. The molecule has 1 N–H and O–H groups in total. The summed E-state index contributed by atoms with van der Waals surface area (Å²) in [6.07, 6.45) is 2.96. The van der Waals surface area contributed by atoms with Gasteiger partial charge in [0.2, 0.25) is 0 Å². The van der Waals surface area contributed by atoms with Crippen LogP contribution in [-0.2, 0) is 4.79 Å². The van der Waals surface area contributed by atoms with E-state index in [4.69, 9.17) is 0 Å². The zero-order chi connectivity index (χ0) is 16.8. The third-order valence-corrected chi connectivity index (χ3v) is 5.26. The van der Waals surface area contributed by atoms with Crippen molar-refractivity contribution < 1.29 is 10.1 Å². The van der Waals surface area contributed by atoms with Crippen LogP contribution in [0.25, 0.3) is 5.57 Å². The normalized spacial score (nSPS) is 24.1. The molecule has 5 nitrogen and oxygen atoms in total. The molecule has 1 aromatic carbocycles. The number of likely N-dealkylation sites (N-methyl/N-ethyl adjacent to an activating group) is 1. The molecule has 2 heterocycles. The van der Waals surface area contributed by atoms with Crippen molar-refractivity contribution in [2.75, 3.05) is 20.1 Å². The summed E-state index contributed by atoms with van der Waals surface area (Å²) >= 11 is 0. The van der Waals surface area contributed by atoms with Gasteiger partial charge in [0.1, 0.15) is 11.0 Å². The molecule has 122 valence electrons. The molecule has 1 amide bonds. The highest BCUT2D eigenvalue weighted by atomic mass is 16.3. The number of hydrogen-bond donors (Lipinski definition) is 1. The molecule has 1 aliphatic carbocycles. The highest BCUT2D eigenvalue weighted by Gasteiger charge is 2.45. The van der Waals surface area contributed by atoms with E-state index in [0.29, 0.717) is 11.3 Å². The summed E-state index contributed by atoms with van der Waals surface area (Å²) in [5, 5.41) is 2.95. The number of allylic oxidation sites excluding steroid dienone is 3. The first-order valence-electron chi connectivity index (χ1n) is 8.24. The molecule has 4 rings (SSSR count). The lowest BCUT2D eigenvalue weighted by Gasteiger charge is -2.37. The van der Waals surface area contributed by atoms with Crippen LogP contribution in [0.2, 0.25) is 0 Å². The van der Waals surface area contributed by atoms with Crippen LogP contribution in [-0.4, -0.2) is 36.0 Å². The Hall–Kier alpha value is -2.53. The number of nitrogens with zero attached hydrogens (tertiary/aromatic N) is 2. The lowest BCUT2D eigenvalue weighted by molar-refractivity contribution is -0.628. The van der Waals surface area contributed by atoms with Crippen molar-refractivity contribution in [3.63, 3.8) is 0 Å². The van der Waals surface area contributed by atoms with Gasteiger partial charge in [-0.15, -0.1) is 0 Å². The van der Waals surface area contributed by atoms with Gasteiger partial charge in [-0.05, 0) is 60.3 Å². The van der Waals surface area contributed by atoms with Crippen molar-refractivity contribution in [1.82, 2.24) is 9.91 Å². The predicted octanol–water partition coefficient (Wildman–Crippen LogP) is 1.21. The number of rotatable bonds is 2. The summed E-state index contributed by atoms with van der Waals surface area (Å²) in [7, 11) is 2.12. The summed E-state index contributed by atoms with van der Waals surface area (Å²) in [6, 6.07) is 10.2. The van der Waals surface area contributed by atoms with Crippen molar-refractivity contribution in [1.29, 1.82) is 0 Å². The number of benzene rings is 1. The Bertz CT molecular complexity index is 820. The number of likely N-dealkylation sites (tertiary alicyclic amines) is 1. The van der Waals surface area contributed by atoms with Gasteiger partial charge in [-0.2, -0.15) is 0 Å². The molecule has 5 heteroatoms. The smallest absolute Gasteiger partial charge is 0.302 e. The Balaban J connectivity index is 1.94. The topological polar surface area (TPSA) is 54.6 Å². The van der Waals surface area contributed by atoms with E-state index < -0.39 is 0 Å². The van der Waals surface area contributed by atoms with Crippen LogP contribution in [0.3, 0.4) is 0 Å². The lowest BCUT2D eigenvalue weighted by Crippen LogP contribution is -2.78. The summed E-state index contributed by atoms with van der Waals surface area (Å²) < 4.78 is 0. The van der Waals surface area contributed by atoms with Gasteiger partial charge < -0.3 is 4.90 Å². The van der Waals surface area contributed by atoms with Crippen LogP contribution in [0.15, 0.2) is 58.8 Å². The maximum atomic E-state index is 12.4. The average molecular weight is 322 g/mol. The molecule has 2 aliphatic heterocycles. The molecule has 1 unspecified atom stereocenters. The van der Waals surface area contributed by atoms with Crippen LogP contribution in [0.5, 0.6) is 0 Å². The highest BCUT2D eigenvalue weighted by molar-refractivity contribution is 6.01. The molecular weight excluding hydrogens is 302 g/mol. The lowest BCUT2D eigenvalue weighted by atomic mass is 9.75. The Morgan fingerprint density at radius 1 is 1.21 bits per heavy atom. The molecule has 1 aromatic rings. The summed E-state index contributed by atoms with van der Waals surface area (Å²) in [5.74, 6) is -0.0301. The van der Waals surface area contributed by atoms with Crippen molar-refractivity contribution >= 4 is 11.5 Å². The fraction of sp³-hybridized carbons (Fsp3) is 0.316. The second-order valence-corrected chi connectivity index (χ2v) is 6.68. The molecule has 1 saturated heterocycles. The number of amides is 1. The minimum atomic E-state index is -0.237. The number of fused-ring (bicyclic) bond motifs is 3. The van der Waals surface area contributed by atoms with E-state index in [9.17, 15) is 9.70 Å². The Morgan fingerprint density at radius 2 is 1.96 bits per heavy atom. The monoisotopic (exact) mass is 322 g/mol. The van der Waals surface area contributed by atoms with Crippen molar-refractivity contribution in [3.05, 3.63) is 69.3 Å². The molecule has 1 fully saturated rings. The maximum Gasteiger partial charge on any atom is 0.314 e. The van der Waals surface area contributed by atoms with Gasteiger partial charge in [0.25, 0.3) is 0 Å². The summed E-state index contributed by atoms with van der Waals surface area (Å²) in [4.78, 5) is 26.1. The van der Waals surface area contributed by atoms with Crippen LogP contribution in [0.4, 0.5) is 0 Å². The predicted molar refractivity (Wildman–Crippen MR) is 90.9 cm³/mol. The third kappa shape index (κ3) is 2.08. The first kappa shape index (κ1) is 15.0. The fourth-order valence-electron chi connectivity index (χ4n) is 4.09. The third-order valence-electron chi connectivity index (χ3n) is 5.26. The number of carbonyl (C=O) groups is 1. The van der Waals surface area contributed by atoms with E-state index in [-0.39, 0.29) is 11.8 Å². The molecule has 0 bridgehead atoms. The van der Waals surface area contributed by atoms with Crippen LogP contribution >= 0.6 is 0 Å². The van der Waals surface area contributed by atoms with Gasteiger partial charge in [-0.3, -0.25) is 4.79 Å². The summed E-state index contributed by atoms with van der Waals surface area (Å²) in [5.41, 5.74) is 6.02. The average Bonchev–Trinajstić information content (AvgIpc) is 2.85. The van der Waals surface area contributed by atoms with E-state index in [2.05, 4.69) is 24.1 Å². The maximum absolute atomic E-state index is 12.4. The first-order chi connectivity index (χ1) is 11.6. The second-order valence-electron chi connectivity index (χ2n) is 6.68. The van der Waals surface area contributed by atoms with Crippen molar-refractivity contribution in [2.24, 2.45) is 5.92 Å². The number of carbonyl (C=O) groups excluding carboxylic acids is 1. The first-order valence-corrected chi connectivity index (χ1v) is 8.24. The van der Waals surface area contributed by atoms with Crippen LogP contribution < -0.4 is 5.29 Å². The van der Waals surface area contributed by atoms with Crippen molar-refractivity contribution in [2.45, 2.75) is 13.3 Å². The minimum absolute atomic E-state index is 0.207. The highest BCUT2D eigenvalue weighted by Crippen LogP contribution is 2.46. The fourth-order valence-corrected chi connectivity index (χ4v) is 4.09. The number of hydrogen-bond acceptors (Lipinski definition) is 3. The van der Waals surface area contributed by atoms with Gasteiger partial charge in [-0.1, -0.05) is 30.3 Å². The quantitative estimate of drug-likeness (QED) is 0.890. The molecule has 0 saturated carbocycles. The number of piperidine rings is 1. The van der Waals surface area contributed by atoms with Gasteiger partial charge >= 0.3 is 5.91 Å². The molecule has 3 aliphatic rings. The van der Waals surface area contributed by atoms with E-state index in [0.717, 1.165) is 41.2 Å². The van der Waals surface area contributed by atoms with Crippen LogP contribution in [0, 0.1) is 10.8 Å². The molecule has 0 aromatic heterocycles. The number of nitrogens with one attached hydrogen (secondary N) is 1. The van der Waals surface area contributed by atoms with Gasteiger partial charge in [-0.25, -0.2) is 0 Å². The molecule has 1 atom stereocenters. The van der Waals surface area contributed by atoms with Gasteiger partial charge in [0, 0.05) is 22.9 Å². The van der Waals surface area contributed by atoms with Gasteiger partial charge in [0.15, 0.2) is 0 Å². The van der Waals surface area contributed by atoms with Crippen LogP contribution in [0.1, 0.15) is 18.9 Å². The molecular formula is C19H20N3O2+. The second kappa shape index (κ2) is 5.53. The number of hydrazine groups is 1. The SMILES string of the molecule is CC1=C2C(=CC(c3ccccc3)=C3CN(C)CCC32)N([NH+]=O)C1=O. The Morgan fingerprint density at radius 3 is 2.67 bits per heavy atom. The van der Waals surface area contributed by atoms with E-state index in [1.54, 1.807) is 0 Å². The Labute approximate surface area is 140 Å². The minimum Gasteiger partial charge on any atom is -0.302 e. The standard InChI is InChI=1S/C19H19N3O2/c1-12-18-14-8-9-21(2)11-16(14)15(13-6-4-3-5-7-13)10-17(18)22(20-24)19(12)23/h3-7,10,14H,8-9,11H2,1-2H3/p+1. The molecule has 0 spiro atoms. The van der Waals surface area contributed by atoms with Crippen molar-refractivity contribution in [3.8, 4) is 0 Å². The van der Waals surface area contributed by atoms with Gasteiger partial charge in [0.05, 0.1) is 0 Å². The summed E-state index contributed by atoms with van der Waals surface area (Å²) in [6.45, 7) is 3.69. The van der Waals surface area contributed by atoms with E-state index in [1.165, 1.54) is 5.57 Å². The Kier molecular flexibility index (Phi) is 3.46. The zero-order valence-electron chi connectivity index (χ0n) is 13.9. The number of nitroso groups, excluding NO2 is 1. The largest absolute Gasteiger partial charge is 0.314 e. The van der Waals surface area contributed by atoms with E-state index >= 15 is 0 Å². The molecule has 0 radical (unpaired) electrons.